The highest BCUT2D eigenvalue weighted by Crippen LogP contribution is 2.25. The van der Waals surface area contributed by atoms with Gasteiger partial charge in [-0.15, -0.1) is 11.3 Å². The van der Waals surface area contributed by atoms with Gasteiger partial charge >= 0.3 is 0 Å². The van der Waals surface area contributed by atoms with Gasteiger partial charge in [-0.2, -0.15) is 4.31 Å². The first kappa shape index (κ1) is 17.1. The van der Waals surface area contributed by atoms with Gasteiger partial charge in [-0.05, 0) is 31.2 Å². The highest BCUT2D eigenvalue weighted by molar-refractivity contribution is 7.89. The number of thiophene rings is 1. The van der Waals surface area contributed by atoms with E-state index < -0.39 is 10.0 Å². The van der Waals surface area contributed by atoms with Crippen molar-refractivity contribution >= 4 is 38.7 Å². The molecule has 7 heteroatoms. The number of hydrogen-bond acceptors (Lipinski definition) is 4. The van der Waals surface area contributed by atoms with Crippen LogP contribution in [0.25, 0.3) is 0 Å². The minimum atomic E-state index is -3.60. The summed E-state index contributed by atoms with van der Waals surface area (Å²) in [4.78, 5) is 12.3. The summed E-state index contributed by atoms with van der Waals surface area (Å²) in [5.41, 5.74) is 0.493. The van der Waals surface area contributed by atoms with Crippen LogP contribution in [-0.4, -0.2) is 25.1 Å². The third-order valence-corrected chi connectivity index (χ3v) is 6.36. The minimum Gasteiger partial charge on any atom is -0.295 e. The first-order valence-electron chi connectivity index (χ1n) is 6.70. The number of Topliss-reactive ketones (excluding diaryl/α,β-unsaturated/α-hetero) is 1. The van der Waals surface area contributed by atoms with Crippen molar-refractivity contribution in [3.05, 3.63) is 51.2 Å². The molecule has 0 aliphatic rings. The van der Waals surface area contributed by atoms with E-state index in [0.717, 1.165) is 4.88 Å². The number of rotatable bonds is 6. The van der Waals surface area contributed by atoms with Gasteiger partial charge in [-0.3, -0.25) is 4.79 Å². The number of benzene rings is 1. The van der Waals surface area contributed by atoms with Crippen molar-refractivity contribution in [2.45, 2.75) is 25.3 Å². The lowest BCUT2D eigenvalue weighted by Crippen LogP contribution is -2.30. The molecule has 4 nitrogen and oxygen atoms in total. The molecule has 0 atom stereocenters. The molecule has 2 aromatic rings. The van der Waals surface area contributed by atoms with Crippen LogP contribution in [0.4, 0.5) is 0 Å². The summed E-state index contributed by atoms with van der Waals surface area (Å²) in [6.07, 6.45) is 0. The first-order chi connectivity index (χ1) is 10.3. The van der Waals surface area contributed by atoms with Crippen molar-refractivity contribution in [3.8, 4) is 0 Å². The van der Waals surface area contributed by atoms with E-state index >= 15 is 0 Å². The summed E-state index contributed by atoms with van der Waals surface area (Å²) < 4.78 is 27.4. The second-order valence-electron chi connectivity index (χ2n) is 4.72. The van der Waals surface area contributed by atoms with Crippen LogP contribution in [0.2, 0.25) is 4.34 Å². The Labute approximate surface area is 139 Å². The molecule has 1 aromatic heterocycles. The first-order valence-corrected chi connectivity index (χ1v) is 9.33. The van der Waals surface area contributed by atoms with Crippen LogP contribution < -0.4 is 0 Å². The van der Waals surface area contributed by atoms with E-state index in [1.54, 1.807) is 13.0 Å². The average Bonchev–Trinajstić information content (AvgIpc) is 2.90. The van der Waals surface area contributed by atoms with Crippen molar-refractivity contribution in [2.24, 2.45) is 0 Å². The molecule has 0 saturated heterocycles. The predicted octanol–water partition coefficient (Wildman–Crippen LogP) is 3.81. The van der Waals surface area contributed by atoms with E-state index in [9.17, 15) is 13.2 Å². The average molecular weight is 358 g/mol. The molecule has 118 valence electrons. The Hall–Kier alpha value is -1.21. The van der Waals surface area contributed by atoms with Crippen LogP contribution >= 0.6 is 22.9 Å². The summed E-state index contributed by atoms with van der Waals surface area (Å²) in [6.45, 7) is 3.87. The third-order valence-electron chi connectivity index (χ3n) is 3.21. The number of ketones is 1. The zero-order chi connectivity index (χ0) is 16.3. The molecule has 0 fully saturated rings. The fourth-order valence-corrected chi connectivity index (χ4v) is 4.60. The molecule has 0 radical (unpaired) electrons. The van der Waals surface area contributed by atoms with E-state index in [4.69, 9.17) is 11.6 Å². The maximum Gasteiger partial charge on any atom is 0.243 e. The van der Waals surface area contributed by atoms with Gasteiger partial charge in [0, 0.05) is 23.5 Å². The Bertz CT molecular complexity index is 766. The molecule has 22 heavy (non-hydrogen) atoms. The number of nitrogens with zero attached hydrogens (tertiary/aromatic N) is 1. The fourth-order valence-electron chi connectivity index (χ4n) is 1.99. The quantitative estimate of drug-likeness (QED) is 0.738. The number of hydrogen-bond donors (Lipinski definition) is 0. The molecule has 0 aliphatic heterocycles. The maximum absolute atomic E-state index is 12.7. The summed E-state index contributed by atoms with van der Waals surface area (Å²) >= 11 is 7.25. The molecule has 0 saturated carbocycles. The van der Waals surface area contributed by atoms with Crippen molar-refractivity contribution in [3.63, 3.8) is 0 Å². The van der Waals surface area contributed by atoms with E-state index in [-0.39, 0.29) is 17.2 Å². The van der Waals surface area contributed by atoms with Gasteiger partial charge < -0.3 is 0 Å². The summed E-state index contributed by atoms with van der Waals surface area (Å²) in [6, 6.07) is 9.58. The standard InChI is InChI=1S/C15H16ClNO3S2/c1-3-17(10-13-6-9-15(16)21-13)22(19,20)14-7-4-12(5-8-14)11(2)18/h4-9H,3,10H2,1-2H3. The van der Waals surface area contributed by atoms with Crippen LogP contribution in [0.5, 0.6) is 0 Å². The summed E-state index contributed by atoms with van der Waals surface area (Å²) in [7, 11) is -3.60. The minimum absolute atomic E-state index is 0.0930. The van der Waals surface area contributed by atoms with Crippen molar-refractivity contribution in [1.82, 2.24) is 4.31 Å². The third kappa shape index (κ3) is 3.76. The Morgan fingerprint density at radius 1 is 1.18 bits per heavy atom. The fraction of sp³-hybridized carbons (Fsp3) is 0.267. The van der Waals surface area contributed by atoms with E-state index in [1.165, 1.54) is 46.8 Å². The topological polar surface area (TPSA) is 54.5 Å². The Morgan fingerprint density at radius 2 is 1.82 bits per heavy atom. The molecule has 0 unspecified atom stereocenters. The predicted molar refractivity (Wildman–Crippen MR) is 89.0 cm³/mol. The van der Waals surface area contributed by atoms with Crippen LogP contribution in [0.3, 0.4) is 0 Å². The molecule has 1 aromatic carbocycles. The van der Waals surface area contributed by atoms with Crippen LogP contribution in [0, 0.1) is 0 Å². The van der Waals surface area contributed by atoms with Gasteiger partial charge in [-0.1, -0.05) is 30.7 Å². The normalized spacial score (nSPS) is 11.8. The Morgan fingerprint density at radius 3 is 2.27 bits per heavy atom. The number of carbonyl (C=O) groups excluding carboxylic acids is 1. The highest BCUT2D eigenvalue weighted by Gasteiger charge is 2.23. The van der Waals surface area contributed by atoms with Crippen LogP contribution in [-0.2, 0) is 16.6 Å². The van der Waals surface area contributed by atoms with Crippen molar-refractivity contribution in [2.75, 3.05) is 6.54 Å². The van der Waals surface area contributed by atoms with Gasteiger partial charge in [0.15, 0.2) is 5.78 Å². The van der Waals surface area contributed by atoms with Gasteiger partial charge in [0.2, 0.25) is 10.0 Å². The molecular formula is C15H16ClNO3S2. The van der Waals surface area contributed by atoms with Gasteiger partial charge in [0.1, 0.15) is 0 Å². The molecule has 0 amide bonds. The molecule has 1 heterocycles. The summed E-state index contributed by atoms with van der Waals surface area (Å²) in [5, 5.41) is 0. The summed E-state index contributed by atoms with van der Waals surface area (Å²) in [5.74, 6) is -0.0930. The SMILES string of the molecule is CCN(Cc1ccc(Cl)s1)S(=O)(=O)c1ccc(C(C)=O)cc1. The molecule has 0 bridgehead atoms. The lowest BCUT2D eigenvalue weighted by molar-refractivity contribution is 0.101. The van der Waals surface area contributed by atoms with Gasteiger partial charge in [0.05, 0.1) is 9.23 Å². The highest BCUT2D eigenvalue weighted by atomic mass is 35.5. The second kappa shape index (κ2) is 6.91. The number of halogens is 1. The van der Waals surface area contributed by atoms with Crippen molar-refractivity contribution < 1.29 is 13.2 Å². The largest absolute Gasteiger partial charge is 0.295 e. The van der Waals surface area contributed by atoms with E-state index in [1.807, 2.05) is 6.07 Å². The zero-order valence-corrected chi connectivity index (χ0v) is 14.6. The Kier molecular flexibility index (Phi) is 5.39. The van der Waals surface area contributed by atoms with E-state index in [2.05, 4.69) is 0 Å². The number of carbonyl (C=O) groups is 1. The molecule has 2 rings (SSSR count). The zero-order valence-electron chi connectivity index (χ0n) is 12.2. The van der Waals surface area contributed by atoms with Crippen LogP contribution in [0.15, 0.2) is 41.3 Å². The second-order valence-corrected chi connectivity index (χ2v) is 8.46. The molecular weight excluding hydrogens is 342 g/mol. The molecule has 0 spiro atoms. The van der Waals surface area contributed by atoms with E-state index in [0.29, 0.717) is 16.4 Å². The molecule has 0 aliphatic carbocycles. The lowest BCUT2D eigenvalue weighted by Gasteiger charge is -2.20. The van der Waals surface area contributed by atoms with Gasteiger partial charge in [-0.25, -0.2) is 8.42 Å². The lowest BCUT2D eigenvalue weighted by atomic mass is 10.2. The molecule has 0 N–H and O–H groups in total. The van der Waals surface area contributed by atoms with Crippen molar-refractivity contribution in [1.29, 1.82) is 0 Å². The van der Waals surface area contributed by atoms with Gasteiger partial charge in [0.25, 0.3) is 0 Å². The maximum atomic E-state index is 12.7. The Balaban J connectivity index is 2.27. The van der Waals surface area contributed by atoms with Crippen LogP contribution in [0.1, 0.15) is 29.1 Å². The number of sulfonamides is 1. The smallest absolute Gasteiger partial charge is 0.243 e. The monoisotopic (exact) mass is 357 g/mol.